The van der Waals surface area contributed by atoms with Gasteiger partial charge in [-0.2, -0.15) is 0 Å². The molecule has 1 aliphatic heterocycles. The lowest BCUT2D eigenvalue weighted by atomic mass is 10.0. The Morgan fingerprint density at radius 2 is 1.76 bits per heavy atom. The highest BCUT2D eigenvalue weighted by atomic mass is 35.5. The minimum Gasteiger partial charge on any atom is -0.378 e. The predicted molar refractivity (Wildman–Crippen MR) is 73.0 cm³/mol. The van der Waals surface area contributed by atoms with Gasteiger partial charge in [0.1, 0.15) is 0 Å². The fourth-order valence-electron chi connectivity index (χ4n) is 2.24. The summed E-state index contributed by atoms with van der Waals surface area (Å²) >= 11 is 12.1. The van der Waals surface area contributed by atoms with E-state index in [2.05, 4.69) is 23.5 Å². The zero-order chi connectivity index (χ0) is 11.8. The first kappa shape index (κ1) is 10.9. The molecule has 1 nitrogen and oxygen atoms in total. The zero-order valence-corrected chi connectivity index (χ0v) is 10.6. The molecule has 17 heavy (non-hydrogen) atoms. The van der Waals surface area contributed by atoms with Crippen LogP contribution in [-0.4, -0.2) is 0 Å². The maximum absolute atomic E-state index is 6.19. The maximum atomic E-state index is 6.19. The SMILES string of the molecule is Clc1ccc(C2Cc3c(Cl)cccc3N2)cc1. The normalized spacial score (nSPS) is 17.6. The average Bonchev–Trinajstić information content (AvgIpc) is 2.75. The van der Waals surface area contributed by atoms with Gasteiger partial charge in [-0.15, -0.1) is 0 Å². The molecule has 0 bridgehead atoms. The third kappa shape index (κ3) is 2.01. The van der Waals surface area contributed by atoms with Gasteiger partial charge in [0, 0.05) is 22.2 Å². The second kappa shape index (κ2) is 4.25. The molecule has 0 saturated heterocycles. The number of rotatable bonds is 1. The van der Waals surface area contributed by atoms with Crippen LogP contribution in [0.4, 0.5) is 5.69 Å². The van der Waals surface area contributed by atoms with Gasteiger partial charge in [0.2, 0.25) is 0 Å². The lowest BCUT2D eigenvalue weighted by molar-refractivity contribution is 0.824. The quantitative estimate of drug-likeness (QED) is 0.787. The lowest BCUT2D eigenvalue weighted by Gasteiger charge is -2.11. The molecule has 1 N–H and O–H groups in total. The van der Waals surface area contributed by atoms with Crippen molar-refractivity contribution >= 4 is 28.9 Å². The largest absolute Gasteiger partial charge is 0.378 e. The lowest BCUT2D eigenvalue weighted by Crippen LogP contribution is -2.05. The van der Waals surface area contributed by atoms with E-state index < -0.39 is 0 Å². The molecule has 2 aromatic carbocycles. The van der Waals surface area contributed by atoms with Crippen molar-refractivity contribution in [1.82, 2.24) is 0 Å². The minimum absolute atomic E-state index is 0.294. The minimum atomic E-state index is 0.294. The highest BCUT2D eigenvalue weighted by Gasteiger charge is 2.23. The van der Waals surface area contributed by atoms with Crippen LogP contribution in [0.2, 0.25) is 10.0 Å². The smallest absolute Gasteiger partial charge is 0.0555 e. The van der Waals surface area contributed by atoms with Crippen molar-refractivity contribution in [2.75, 3.05) is 5.32 Å². The summed E-state index contributed by atoms with van der Waals surface area (Å²) in [5, 5.41) is 5.09. The van der Waals surface area contributed by atoms with Crippen LogP contribution in [-0.2, 0) is 6.42 Å². The number of nitrogens with one attached hydrogen (secondary N) is 1. The van der Waals surface area contributed by atoms with Crippen molar-refractivity contribution in [2.45, 2.75) is 12.5 Å². The summed E-state index contributed by atoms with van der Waals surface area (Å²) in [7, 11) is 0. The van der Waals surface area contributed by atoms with E-state index in [1.165, 1.54) is 11.1 Å². The molecule has 0 amide bonds. The molecule has 1 aliphatic rings. The van der Waals surface area contributed by atoms with Gasteiger partial charge in [0.05, 0.1) is 6.04 Å². The molecule has 3 rings (SSSR count). The second-order valence-electron chi connectivity index (χ2n) is 4.22. The number of halogens is 2. The van der Waals surface area contributed by atoms with Crippen LogP contribution in [0.5, 0.6) is 0 Å². The van der Waals surface area contributed by atoms with Gasteiger partial charge < -0.3 is 5.32 Å². The number of benzene rings is 2. The van der Waals surface area contributed by atoms with Crippen LogP contribution >= 0.6 is 23.2 Å². The van der Waals surface area contributed by atoms with Crippen LogP contribution in [0.25, 0.3) is 0 Å². The van der Waals surface area contributed by atoms with E-state index >= 15 is 0 Å². The summed E-state index contributed by atoms with van der Waals surface area (Å²) in [6.07, 6.45) is 0.927. The molecule has 1 unspecified atom stereocenters. The fourth-order valence-corrected chi connectivity index (χ4v) is 2.62. The van der Waals surface area contributed by atoms with Gasteiger partial charge in [-0.1, -0.05) is 41.4 Å². The summed E-state index contributed by atoms with van der Waals surface area (Å²) in [6, 6.07) is 14.2. The van der Waals surface area contributed by atoms with E-state index in [4.69, 9.17) is 23.2 Å². The second-order valence-corrected chi connectivity index (χ2v) is 5.06. The standard InChI is InChI=1S/C14H11Cl2N/c15-10-6-4-9(5-7-10)14-8-11-12(16)2-1-3-13(11)17-14/h1-7,14,17H,8H2. The number of hydrogen-bond donors (Lipinski definition) is 1. The molecular formula is C14H11Cl2N. The zero-order valence-electron chi connectivity index (χ0n) is 9.08. The van der Waals surface area contributed by atoms with Crippen molar-refractivity contribution in [3.05, 3.63) is 63.6 Å². The Morgan fingerprint density at radius 3 is 2.47 bits per heavy atom. The van der Waals surface area contributed by atoms with E-state index in [0.717, 1.165) is 22.2 Å². The van der Waals surface area contributed by atoms with Gasteiger partial charge in [-0.25, -0.2) is 0 Å². The highest BCUT2D eigenvalue weighted by Crippen LogP contribution is 2.38. The Morgan fingerprint density at radius 1 is 1.00 bits per heavy atom. The summed E-state index contributed by atoms with van der Waals surface area (Å²) < 4.78 is 0. The number of hydrogen-bond acceptors (Lipinski definition) is 1. The van der Waals surface area contributed by atoms with Crippen LogP contribution < -0.4 is 5.32 Å². The molecule has 0 aliphatic carbocycles. The van der Waals surface area contributed by atoms with E-state index in [-0.39, 0.29) is 0 Å². The molecule has 1 atom stereocenters. The summed E-state index contributed by atoms with van der Waals surface area (Å²) in [4.78, 5) is 0. The first-order valence-corrected chi connectivity index (χ1v) is 6.29. The van der Waals surface area contributed by atoms with Crippen LogP contribution in [0.15, 0.2) is 42.5 Å². The van der Waals surface area contributed by atoms with Crippen molar-refractivity contribution in [3.8, 4) is 0 Å². The third-order valence-electron chi connectivity index (χ3n) is 3.13. The molecule has 0 radical (unpaired) electrons. The number of anilines is 1. The first-order chi connectivity index (χ1) is 8.24. The fraction of sp³-hybridized carbons (Fsp3) is 0.143. The van der Waals surface area contributed by atoms with Crippen LogP contribution in [0.1, 0.15) is 17.2 Å². The van der Waals surface area contributed by atoms with Gasteiger partial charge in [-0.05, 0) is 35.4 Å². The molecule has 1 heterocycles. The van der Waals surface area contributed by atoms with E-state index in [1.54, 1.807) is 0 Å². The monoisotopic (exact) mass is 263 g/mol. The summed E-state index contributed by atoms with van der Waals surface area (Å²) in [6.45, 7) is 0. The number of fused-ring (bicyclic) bond motifs is 1. The Bertz CT molecular complexity index is 549. The molecule has 0 spiro atoms. The first-order valence-electron chi connectivity index (χ1n) is 5.53. The molecule has 3 heteroatoms. The van der Waals surface area contributed by atoms with Crippen molar-refractivity contribution in [3.63, 3.8) is 0 Å². The van der Waals surface area contributed by atoms with Gasteiger partial charge in [0.25, 0.3) is 0 Å². The van der Waals surface area contributed by atoms with Crippen LogP contribution in [0, 0.1) is 0 Å². The van der Waals surface area contributed by atoms with E-state index in [1.807, 2.05) is 24.3 Å². The summed E-state index contributed by atoms with van der Waals surface area (Å²) in [5.41, 5.74) is 3.58. The van der Waals surface area contributed by atoms with E-state index in [9.17, 15) is 0 Å². The maximum Gasteiger partial charge on any atom is 0.0555 e. The van der Waals surface area contributed by atoms with Crippen molar-refractivity contribution in [2.24, 2.45) is 0 Å². The van der Waals surface area contributed by atoms with Gasteiger partial charge in [-0.3, -0.25) is 0 Å². The predicted octanol–water partition coefficient (Wildman–Crippen LogP) is 4.70. The Kier molecular flexibility index (Phi) is 2.73. The van der Waals surface area contributed by atoms with Crippen LogP contribution in [0.3, 0.4) is 0 Å². The Hall–Kier alpha value is -1.18. The molecule has 0 fully saturated rings. The van der Waals surface area contributed by atoms with Gasteiger partial charge in [0.15, 0.2) is 0 Å². The topological polar surface area (TPSA) is 12.0 Å². The molecule has 0 saturated carbocycles. The molecule has 86 valence electrons. The molecular weight excluding hydrogens is 253 g/mol. The Labute approximate surface area is 110 Å². The van der Waals surface area contributed by atoms with Gasteiger partial charge >= 0.3 is 0 Å². The highest BCUT2D eigenvalue weighted by molar-refractivity contribution is 6.32. The summed E-state index contributed by atoms with van der Waals surface area (Å²) in [5.74, 6) is 0. The average molecular weight is 264 g/mol. The van der Waals surface area contributed by atoms with Crippen molar-refractivity contribution in [1.29, 1.82) is 0 Å². The van der Waals surface area contributed by atoms with Crippen molar-refractivity contribution < 1.29 is 0 Å². The molecule has 0 aromatic heterocycles. The molecule has 2 aromatic rings. The van der Waals surface area contributed by atoms with E-state index in [0.29, 0.717) is 6.04 Å². The Balaban J connectivity index is 1.91. The third-order valence-corrected chi connectivity index (χ3v) is 3.74.